The molecule has 6 aromatic carbocycles. The zero-order valence-corrected chi connectivity index (χ0v) is 39.5. The minimum absolute atomic E-state index is 0. The average molecular weight is 1010 g/mol. The zero-order valence-electron chi connectivity index (χ0n) is 39.1. The van der Waals surface area contributed by atoms with Crippen molar-refractivity contribution in [1.82, 2.24) is 9.97 Å². The molecule has 0 N–H and O–H groups in total. The van der Waals surface area contributed by atoms with Crippen LogP contribution in [0.25, 0.3) is 88.6 Å². The third kappa shape index (κ3) is 8.23. The second-order valence-corrected chi connectivity index (χ2v) is 22.5. The molecular weight excluding hydrogens is 953 g/mol. The third-order valence-electron chi connectivity index (χ3n) is 11.5. The Balaban J connectivity index is 0.000000287. The zero-order chi connectivity index (χ0) is 44.9. The van der Waals surface area contributed by atoms with E-state index in [1.807, 2.05) is 73.1 Å². The molecule has 62 heavy (non-hydrogen) atoms. The number of aryl methyl sites for hydroxylation is 1. The van der Waals surface area contributed by atoms with Gasteiger partial charge in [-0.15, -0.1) is 54.1 Å². The van der Waals surface area contributed by atoms with E-state index in [9.17, 15) is 0 Å². The number of rotatable bonds is 7. The smallest absolute Gasteiger partial charge is 0.136 e. The number of fused-ring (bicyclic) bond motifs is 6. The summed E-state index contributed by atoms with van der Waals surface area (Å²) in [5, 5.41) is 5.25. The van der Waals surface area contributed by atoms with Gasteiger partial charge in [-0.25, -0.2) is 0 Å². The summed E-state index contributed by atoms with van der Waals surface area (Å²) in [6.07, 6.45) is 3.86. The van der Waals surface area contributed by atoms with E-state index in [2.05, 4.69) is 125 Å². The van der Waals surface area contributed by atoms with Gasteiger partial charge in [0.1, 0.15) is 16.7 Å². The molecule has 6 heteroatoms. The van der Waals surface area contributed by atoms with Crippen LogP contribution < -0.4 is 5.19 Å². The van der Waals surface area contributed by atoms with Crippen molar-refractivity contribution in [3.8, 4) is 44.8 Å². The van der Waals surface area contributed by atoms with Crippen LogP contribution in [0.4, 0.5) is 0 Å². The molecule has 0 amide bonds. The molecule has 0 unspecified atom stereocenters. The first kappa shape index (κ1) is 39.0. The molecule has 1 radical (unpaired) electrons. The number of hydrogen-bond acceptors (Lipinski definition) is 4. The number of furan rings is 2. The van der Waals surface area contributed by atoms with E-state index in [4.69, 9.17) is 17.9 Å². The first-order chi connectivity index (χ1) is 30.7. The summed E-state index contributed by atoms with van der Waals surface area (Å²) in [6.45, 7) is 13.7. The summed E-state index contributed by atoms with van der Waals surface area (Å²) in [7, 11) is -1.23. The van der Waals surface area contributed by atoms with Crippen molar-refractivity contribution in [2.75, 3.05) is 0 Å². The van der Waals surface area contributed by atoms with Crippen LogP contribution in [-0.2, 0) is 20.1 Å². The normalized spacial score (nSPS) is 12.6. The van der Waals surface area contributed by atoms with Crippen molar-refractivity contribution >= 4 is 57.1 Å². The van der Waals surface area contributed by atoms with Crippen LogP contribution in [0.5, 0.6) is 0 Å². The first-order valence-electron chi connectivity index (χ1n) is 22.5. The van der Waals surface area contributed by atoms with Gasteiger partial charge in [0, 0.05) is 52.8 Å². The molecule has 0 aliphatic carbocycles. The fourth-order valence-corrected chi connectivity index (χ4v) is 9.27. The molecule has 0 spiro atoms. The van der Waals surface area contributed by atoms with Crippen molar-refractivity contribution in [2.24, 2.45) is 0 Å². The van der Waals surface area contributed by atoms with Crippen LogP contribution in [-0.4, -0.2) is 18.0 Å². The van der Waals surface area contributed by atoms with Crippen molar-refractivity contribution in [1.29, 1.82) is 0 Å². The summed E-state index contributed by atoms with van der Waals surface area (Å²) >= 11 is 0. The van der Waals surface area contributed by atoms with Crippen LogP contribution >= 0.6 is 0 Å². The maximum Gasteiger partial charge on any atom is 0.136 e. The number of para-hydroxylation sites is 2. The molecule has 4 nitrogen and oxygen atoms in total. The molecule has 0 saturated carbocycles. The molecule has 0 bridgehead atoms. The molecule has 4 heterocycles. The Hall–Kier alpha value is -5.91. The molecule has 0 fully saturated rings. The Morgan fingerprint density at radius 3 is 2.03 bits per heavy atom. The van der Waals surface area contributed by atoms with E-state index in [1.165, 1.54) is 21.9 Å². The standard InChI is InChI=1S/C42H34NO2.C14H16NSi.Ir/c1-24(2)35-20-29(27-16-17-31-30-11-6-7-15-38(30)44-39(31)23-27)21-36(25(3)4)40(35)28-18-19-43-37(22-28)34-14-9-13-33-32-12-8-10-26(5)41(32)45-42(33)34;1-16(2,3)13-9-10-14(15-11-13)12-7-5-4-6-8-12;/h6-13,15-25H,1-5H3;4-7,9-11H,1-3H3;/q2*-1;/i5D3;;. The minimum Gasteiger partial charge on any atom is -0.500 e. The SMILES string of the molecule is C[Si](C)(C)c1ccc(-c2[c-]cccc2)nc1.[2H]C([2H])([2H])c1cccc2c1oc1c(-c3cc(-c4c(C(C)C)cc(-c5ccc6c(c5)oc5ccccc56)cc4C(C)C)ccn3)[c-]ccc12.[Ir]. The molecule has 0 saturated heterocycles. The summed E-state index contributed by atoms with van der Waals surface area (Å²) in [6, 6.07) is 51.4. The van der Waals surface area contributed by atoms with Gasteiger partial charge in [0.25, 0.3) is 0 Å². The largest absolute Gasteiger partial charge is 0.500 e. The molecule has 4 aromatic heterocycles. The molecular formula is C56H50IrN2O2Si-2. The average Bonchev–Trinajstić information content (AvgIpc) is 3.87. The van der Waals surface area contributed by atoms with E-state index in [0.717, 1.165) is 66.4 Å². The quantitative estimate of drug-likeness (QED) is 0.118. The Labute approximate surface area is 383 Å². The van der Waals surface area contributed by atoms with Gasteiger partial charge in [0.05, 0.1) is 13.7 Å². The summed E-state index contributed by atoms with van der Waals surface area (Å²) in [5.74, 6) is 0.514. The van der Waals surface area contributed by atoms with Crippen molar-refractivity contribution in [2.45, 2.75) is 66.0 Å². The molecule has 311 valence electrons. The summed E-state index contributed by atoms with van der Waals surface area (Å²) in [4.78, 5) is 9.29. The topological polar surface area (TPSA) is 52.1 Å². The first-order valence-corrected chi connectivity index (χ1v) is 24.5. The molecule has 10 rings (SSSR count). The predicted molar refractivity (Wildman–Crippen MR) is 258 cm³/mol. The number of benzene rings is 6. The maximum absolute atomic E-state index is 8.06. The van der Waals surface area contributed by atoms with Crippen molar-refractivity contribution in [3.63, 3.8) is 0 Å². The van der Waals surface area contributed by atoms with Crippen LogP contribution in [0.15, 0.2) is 155 Å². The van der Waals surface area contributed by atoms with Crippen LogP contribution in [0.2, 0.25) is 19.6 Å². The van der Waals surface area contributed by atoms with Gasteiger partial charge in [-0.3, -0.25) is 0 Å². The van der Waals surface area contributed by atoms with Gasteiger partial charge in [0.15, 0.2) is 0 Å². The van der Waals surface area contributed by atoms with Gasteiger partial charge in [0.2, 0.25) is 0 Å². The van der Waals surface area contributed by atoms with Gasteiger partial charge >= 0.3 is 0 Å². The Bertz CT molecular complexity index is 3280. The minimum atomic E-state index is -2.29. The number of aromatic nitrogens is 2. The summed E-state index contributed by atoms with van der Waals surface area (Å²) in [5.41, 5.74) is 13.5. The van der Waals surface area contributed by atoms with E-state index in [-0.39, 0.29) is 37.5 Å². The number of nitrogens with zero attached hydrogens (tertiary/aromatic N) is 2. The molecule has 10 aromatic rings. The fraction of sp³-hybridized carbons (Fsp3) is 0.179. The molecule has 0 aliphatic heterocycles. The fourth-order valence-electron chi connectivity index (χ4n) is 8.23. The monoisotopic (exact) mass is 1010 g/mol. The van der Waals surface area contributed by atoms with E-state index in [0.29, 0.717) is 16.7 Å². The van der Waals surface area contributed by atoms with Gasteiger partial charge < -0.3 is 18.8 Å². The molecule has 0 atom stereocenters. The second-order valence-electron chi connectivity index (χ2n) is 17.4. The van der Waals surface area contributed by atoms with Crippen molar-refractivity contribution < 1.29 is 33.1 Å². The van der Waals surface area contributed by atoms with Crippen LogP contribution in [0.1, 0.15) is 60.3 Å². The Morgan fingerprint density at radius 2 is 1.32 bits per heavy atom. The second kappa shape index (κ2) is 17.5. The van der Waals surface area contributed by atoms with Gasteiger partial charge in [-0.05, 0) is 98.5 Å². The predicted octanol–water partition coefficient (Wildman–Crippen LogP) is 15.3. The third-order valence-corrected chi connectivity index (χ3v) is 13.6. The Morgan fingerprint density at radius 1 is 0.581 bits per heavy atom. The van der Waals surface area contributed by atoms with Gasteiger partial charge in [-0.1, -0.05) is 131 Å². The van der Waals surface area contributed by atoms with Crippen LogP contribution in [0.3, 0.4) is 0 Å². The summed E-state index contributed by atoms with van der Waals surface area (Å²) < 4.78 is 36.8. The van der Waals surface area contributed by atoms with E-state index < -0.39 is 14.9 Å². The van der Waals surface area contributed by atoms with Crippen LogP contribution in [0, 0.1) is 19.0 Å². The maximum atomic E-state index is 8.06. The van der Waals surface area contributed by atoms with E-state index in [1.54, 1.807) is 12.1 Å². The Kier molecular flexibility index (Phi) is 11.0. The number of hydrogen-bond donors (Lipinski definition) is 0. The van der Waals surface area contributed by atoms with Crippen molar-refractivity contribution in [3.05, 3.63) is 175 Å². The number of pyridine rings is 2. The van der Waals surface area contributed by atoms with Gasteiger partial charge in [-0.2, -0.15) is 0 Å². The molecule has 0 aliphatic rings. The van der Waals surface area contributed by atoms with E-state index >= 15 is 0 Å².